The summed E-state index contributed by atoms with van der Waals surface area (Å²) in [6.45, 7) is 4.25. The average molecular weight is 144 g/mol. The van der Waals surface area contributed by atoms with Gasteiger partial charge in [0.25, 0.3) is 0 Å². The lowest BCUT2D eigenvalue weighted by Crippen LogP contribution is -2.26. The fourth-order valence-electron chi connectivity index (χ4n) is 0.744. The van der Waals surface area contributed by atoms with Gasteiger partial charge in [-0.3, -0.25) is 4.99 Å². The van der Waals surface area contributed by atoms with Gasteiger partial charge in [-0.2, -0.15) is 0 Å². The normalized spacial score (nSPS) is 18.6. The monoisotopic (exact) mass is 144 g/mol. The van der Waals surface area contributed by atoms with Crippen LogP contribution in [0.25, 0.3) is 0 Å². The molecule has 0 spiro atoms. The maximum Gasteiger partial charge on any atom is 0.156 e. The van der Waals surface area contributed by atoms with Crippen LogP contribution in [0.2, 0.25) is 0 Å². The molecule has 0 bridgehead atoms. The molecule has 0 saturated heterocycles. The highest BCUT2D eigenvalue weighted by Gasteiger charge is 2.00. The Morgan fingerprint density at radius 3 is 3.22 bits per heavy atom. The lowest BCUT2D eigenvalue weighted by atomic mass is 10.4. The third-order valence-electron chi connectivity index (χ3n) is 1.15. The summed E-state index contributed by atoms with van der Waals surface area (Å²) in [4.78, 5) is 4.29. The maximum atomic E-state index is 4.29. The van der Waals surface area contributed by atoms with Crippen LogP contribution in [-0.2, 0) is 0 Å². The maximum absolute atomic E-state index is 4.29. The van der Waals surface area contributed by atoms with Gasteiger partial charge in [0.2, 0.25) is 0 Å². The molecule has 0 radical (unpaired) electrons. The van der Waals surface area contributed by atoms with Crippen LogP contribution in [0.4, 0.5) is 0 Å². The summed E-state index contributed by atoms with van der Waals surface area (Å²) in [6.07, 6.45) is 1.19. The molecule has 1 rings (SSSR count). The van der Waals surface area contributed by atoms with Crippen molar-refractivity contribution < 1.29 is 0 Å². The van der Waals surface area contributed by atoms with Crippen LogP contribution in [0.15, 0.2) is 4.99 Å². The van der Waals surface area contributed by atoms with E-state index in [0.717, 1.165) is 24.0 Å². The lowest BCUT2D eigenvalue weighted by molar-refractivity contribution is 0.751. The molecule has 0 aromatic heterocycles. The highest BCUT2D eigenvalue weighted by atomic mass is 32.2. The quantitative estimate of drug-likeness (QED) is 0.595. The zero-order valence-electron chi connectivity index (χ0n) is 5.68. The van der Waals surface area contributed by atoms with Crippen LogP contribution in [0.3, 0.4) is 0 Å². The summed E-state index contributed by atoms with van der Waals surface area (Å²) >= 11 is 1.79. The molecule has 1 aliphatic rings. The van der Waals surface area contributed by atoms with Gasteiger partial charge in [0.05, 0.1) is 0 Å². The van der Waals surface area contributed by atoms with Crippen molar-refractivity contribution in [1.82, 2.24) is 5.32 Å². The average Bonchev–Trinajstić information content (AvgIpc) is 1.91. The first kappa shape index (κ1) is 6.93. The Kier molecular flexibility index (Phi) is 2.91. The summed E-state index contributed by atoms with van der Waals surface area (Å²) in [5.74, 6) is 1.12. The zero-order chi connectivity index (χ0) is 6.53. The minimum absolute atomic E-state index is 1.01. The van der Waals surface area contributed by atoms with Crippen molar-refractivity contribution in [3.05, 3.63) is 0 Å². The van der Waals surface area contributed by atoms with Crippen molar-refractivity contribution in [2.75, 3.05) is 18.8 Å². The Morgan fingerprint density at radius 1 is 1.78 bits per heavy atom. The Morgan fingerprint density at radius 2 is 2.67 bits per heavy atom. The van der Waals surface area contributed by atoms with Crippen molar-refractivity contribution in [2.24, 2.45) is 4.99 Å². The van der Waals surface area contributed by atoms with Gasteiger partial charge in [-0.15, -0.1) is 0 Å². The summed E-state index contributed by atoms with van der Waals surface area (Å²) in [5, 5.41) is 4.36. The van der Waals surface area contributed by atoms with Gasteiger partial charge in [-0.1, -0.05) is 18.7 Å². The first-order valence-corrected chi connectivity index (χ1v) is 4.33. The van der Waals surface area contributed by atoms with E-state index >= 15 is 0 Å². The molecule has 3 heteroatoms. The molecule has 9 heavy (non-hydrogen) atoms. The van der Waals surface area contributed by atoms with E-state index in [1.165, 1.54) is 6.42 Å². The number of amidine groups is 1. The van der Waals surface area contributed by atoms with Gasteiger partial charge in [0.1, 0.15) is 0 Å². The van der Waals surface area contributed by atoms with E-state index in [-0.39, 0.29) is 0 Å². The number of aliphatic imine (C=N–C) groups is 1. The number of nitrogens with zero attached hydrogens (tertiary/aromatic N) is 1. The fourth-order valence-corrected chi connectivity index (χ4v) is 1.40. The summed E-state index contributed by atoms with van der Waals surface area (Å²) < 4.78 is 0. The second-order valence-corrected chi connectivity index (χ2v) is 3.15. The molecule has 52 valence electrons. The van der Waals surface area contributed by atoms with Crippen LogP contribution >= 0.6 is 11.8 Å². The van der Waals surface area contributed by atoms with Gasteiger partial charge in [-0.25, -0.2) is 0 Å². The SMILES string of the molecule is CCSC1=NCCCN1. The number of rotatable bonds is 1. The van der Waals surface area contributed by atoms with Crippen molar-refractivity contribution in [2.45, 2.75) is 13.3 Å². The predicted octanol–water partition coefficient (Wildman–Crippen LogP) is 1.09. The predicted molar refractivity (Wildman–Crippen MR) is 43.1 cm³/mol. The van der Waals surface area contributed by atoms with Crippen LogP contribution in [0.5, 0.6) is 0 Å². The van der Waals surface area contributed by atoms with Crippen LogP contribution in [0.1, 0.15) is 13.3 Å². The molecular formula is C6H12N2S. The minimum atomic E-state index is 1.01. The van der Waals surface area contributed by atoms with Crippen LogP contribution in [0, 0.1) is 0 Å². The van der Waals surface area contributed by atoms with Gasteiger partial charge in [0.15, 0.2) is 5.17 Å². The molecule has 0 aromatic rings. The van der Waals surface area contributed by atoms with Crippen molar-refractivity contribution in [3.63, 3.8) is 0 Å². The third kappa shape index (κ3) is 2.26. The smallest absolute Gasteiger partial charge is 0.156 e. The van der Waals surface area contributed by atoms with Crippen molar-refractivity contribution >= 4 is 16.9 Å². The molecule has 1 heterocycles. The second kappa shape index (κ2) is 3.77. The van der Waals surface area contributed by atoms with Gasteiger partial charge >= 0.3 is 0 Å². The largest absolute Gasteiger partial charge is 0.365 e. The zero-order valence-corrected chi connectivity index (χ0v) is 6.50. The van der Waals surface area contributed by atoms with Crippen molar-refractivity contribution in [3.8, 4) is 0 Å². The number of thioether (sulfide) groups is 1. The van der Waals surface area contributed by atoms with E-state index < -0.39 is 0 Å². The summed E-state index contributed by atoms with van der Waals surface area (Å²) in [5.41, 5.74) is 0. The Bertz CT molecular complexity index is 112. The third-order valence-corrected chi connectivity index (χ3v) is 1.98. The first-order chi connectivity index (χ1) is 4.43. The number of hydrogen-bond acceptors (Lipinski definition) is 3. The standard InChI is InChI=1S/C6H12N2S/c1-2-9-6-7-4-3-5-8-6/h2-5H2,1H3,(H,7,8). The van der Waals surface area contributed by atoms with Gasteiger partial charge < -0.3 is 5.32 Å². The lowest BCUT2D eigenvalue weighted by Gasteiger charge is -2.12. The molecule has 2 nitrogen and oxygen atoms in total. The molecule has 0 aromatic carbocycles. The molecule has 0 saturated carbocycles. The Labute approximate surface area is 60.1 Å². The first-order valence-electron chi connectivity index (χ1n) is 3.34. The molecule has 1 N–H and O–H groups in total. The topological polar surface area (TPSA) is 24.4 Å². The van der Waals surface area contributed by atoms with E-state index in [2.05, 4.69) is 17.2 Å². The Hall–Kier alpha value is -0.180. The molecule has 0 fully saturated rings. The van der Waals surface area contributed by atoms with Crippen LogP contribution < -0.4 is 5.32 Å². The molecule has 1 aliphatic heterocycles. The minimum Gasteiger partial charge on any atom is -0.365 e. The van der Waals surface area contributed by atoms with E-state index in [4.69, 9.17) is 0 Å². The highest BCUT2D eigenvalue weighted by molar-refractivity contribution is 8.13. The van der Waals surface area contributed by atoms with E-state index in [0.29, 0.717) is 0 Å². The Balaban J connectivity index is 2.28. The van der Waals surface area contributed by atoms with Crippen molar-refractivity contribution in [1.29, 1.82) is 0 Å². The number of hydrogen-bond donors (Lipinski definition) is 1. The van der Waals surface area contributed by atoms with E-state index in [9.17, 15) is 0 Å². The molecule has 0 amide bonds. The number of nitrogens with one attached hydrogen (secondary N) is 1. The fraction of sp³-hybridized carbons (Fsp3) is 0.833. The summed E-state index contributed by atoms with van der Waals surface area (Å²) in [6, 6.07) is 0. The molecule has 0 unspecified atom stereocenters. The summed E-state index contributed by atoms with van der Waals surface area (Å²) in [7, 11) is 0. The van der Waals surface area contributed by atoms with Crippen LogP contribution in [-0.4, -0.2) is 24.0 Å². The van der Waals surface area contributed by atoms with E-state index in [1.807, 2.05) is 0 Å². The van der Waals surface area contributed by atoms with E-state index in [1.54, 1.807) is 11.8 Å². The molecule has 0 atom stereocenters. The van der Waals surface area contributed by atoms with Gasteiger partial charge in [-0.05, 0) is 12.2 Å². The second-order valence-electron chi connectivity index (χ2n) is 1.90. The van der Waals surface area contributed by atoms with Gasteiger partial charge in [0, 0.05) is 13.1 Å². The molecular weight excluding hydrogens is 132 g/mol. The molecule has 0 aliphatic carbocycles. The highest BCUT2D eigenvalue weighted by Crippen LogP contribution is 2.03.